The van der Waals surface area contributed by atoms with Crippen LogP contribution >= 0.6 is 11.6 Å². The first-order valence-electron chi connectivity index (χ1n) is 7.90. The number of anilines is 1. The number of rotatable bonds is 3. The molecule has 0 bridgehead atoms. The zero-order valence-electron chi connectivity index (χ0n) is 14.2. The molecule has 1 aromatic heterocycles. The number of pyridine rings is 1. The summed E-state index contributed by atoms with van der Waals surface area (Å²) in [5, 5.41) is 2.12. The number of hydrogen-bond acceptors (Lipinski definition) is 4. The van der Waals surface area contributed by atoms with Gasteiger partial charge in [0, 0.05) is 0 Å². The molecular weight excluding hydrogens is 377 g/mol. The smallest absolute Gasteiger partial charge is 0.419 e. The molecule has 26 heavy (non-hydrogen) atoms. The fraction of sp³-hybridized carbons (Fsp3) is 0.533. The monoisotopic (exact) mass is 396 g/mol. The van der Waals surface area contributed by atoms with Crippen LogP contribution in [-0.4, -0.2) is 51.3 Å². The van der Waals surface area contributed by atoms with Gasteiger partial charge in [-0.15, -0.1) is 0 Å². The van der Waals surface area contributed by atoms with Crippen molar-refractivity contribution in [1.29, 1.82) is 0 Å². The van der Waals surface area contributed by atoms with E-state index in [0.717, 1.165) is 17.2 Å². The van der Waals surface area contributed by atoms with E-state index >= 15 is 0 Å². The van der Waals surface area contributed by atoms with Crippen LogP contribution in [0.4, 0.5) is 23.8 Å². The molecule has 0 unspecified atom stereocenters. The second kappa shape index (κ2) is 8.09. The summed E-state index contributed by atoms with van der Waals surface area (Å²) in [7, 11) is 1.17. The number of quaternary nitrogens is 1. The molecule has 1 atom stereocenters. The molecule has 0 radical (unpaired) electrons. The quantitative estimate of drug-likeness (QED) is 0.762. The molecule has 0 aliphatic carbocycles. The summed E-state index contributed by atoms with van der Waals surface area (Å²) in [5.74, 6) is -0.0372. The number of aromatic amines is 1. The SMILES string of the molecule is COC(=O)NC(=O)[C@@H](C)[NH+]1CCN(c2[nH+]cc(C(F)(F)F)cc2Cl)CC1. The fourth-order valence-corrected chi connectivity index (χ4v) is 3.06. The highest BCUT2D eigenvalue weighted by molar-refractivity contribution is 6.32. The number of nitrogens with zero attached hydrogens (tertiary/aromatic N) is 1. The molecule has 2 amide bonds. The molecule has 0 saturated carbocycles. The van der Waals surface area contributed by atoms with Gasteiger partial charge in [0.05, 0.1) is 12.7 Å². The van der Waals surface area contributed by atoms with Crippen LogP contribution in [0.5, 0.6) is 0 Å². The van der Waals surface area contributed by atoms with Crippen molar-refractivity contribution in [3.63, 3.8) is 0 Å². The van der Waals surface area contributed by atoms with Crippen molar-refractivity contribution in [1.82, 2.24) is 5.32 Å². The van der Waals surface area contributed by atoms with Crippen LogP contribution in [-0.2, 0) is 15.7 Å². The Hall–Kier alpha value is -2.07. The lowest BCUT2D eigenvalue weighted by Crippen LogP contribution is -3.19. The molecule has 1 aliphatic rings. The van der Waals surface area contributed by atoms with Crippen LogP contribution in [0.3, 0.4) is 0 Å². The third kappa shape index (κ3) is 4.76. The molecule has 1 saturated heterocycles. The van der Waals surface area contributed by atoms with E-state index in [1.54, 1.807) is 6.92 Å². The summed E-state index contributed by atoms with van der Waals surface area (Å²) in [6.45, 7) is 3.79. The van der Waals surface area contributed by atoms with Crippen molar-refractivity contribution >= 4 is 29.4 Å². The number of ether oxygens (including phenoxy) is 1. The van der Waals surface area contributed by atoms with Gasteiger partial charge in [0.25, 0.3) is 11.7 Å². The minimum absolute atomic E-state index is 0.0141. The lowest BCUT2D eigenvalue weighted by atomic mass is 10.2. The number of amides is 2. The van der Waals surface area contributed by atoms with Gasteiger partial charge in [0.2, 0.25) is 0 Å². The topological polar surface area (TPSA) is 77.2 Å². The summed E-state index contributed by atoms with van der Waals surface area (Å²) in [6.07, 6.45) is -4.40. The van der Waals surface area contributed by atoms with E-state index in [-0.39, 0.29) is 5.02 Å². The standard InChI is InChI=1S/C15H18ClF3N4O3/c1-9(13(24)21-14(25)26-2)22-3-5-23(6-4-22)12-11(16)7-10(8-20-12)15(17,18)19/h7-9H,3-6H2,1-2H3,(H,21,24,25)/p+2/t9-/m1/s1. The van der Waals surface area contributed by atoms with Crippen molar-refractivity contribution in [2.24, 2.45) is 0 Å². The lowest BCUT2D eigenvalue weighted by Gasteiger charge is -2.31. The van der Waals surface area contributed by atoms with Crippen molar-refractivity contribution in [3.05, 3.63) is 22.8 Å². The molecular formula is C15H20ClF3N4O3+2. The van der Waals surface area contributed by atoms with E-state index in [1.807, 2.05) is 4.90 Å². The Kier molecular flexibility index (Phi) is 6.30. The van der Waals surface area contributed by atoms with Gasteiger partial charge in [-0.05, 0) is 13.0 Å². The van der Waals surface area contributed by atoms with Crippen LogP contribution in [0.25, 0.3) is 0 Å². The van der Waals surface area contributed by atoms with Gasteiger partial charge in [0.15, 0.2) is 6.04 Å². The highest BCUT2D eigenvalue weighted by atomic mass is 35.5. The van der Waals surface area contributed by atoms with Crippen LogP contribution in [0.15, 0.2) is 12.3 Å². The van der Waals surface area contributed by atoms with Crippen molar-refractivity contribution in [2.45, 2.75) is 19.1 Å². The van der Waals surface area contributed by atoms with E-state index in [1.165, 1.54) is 7.11 Å². The minimum Gasteiger partial charge on any atom is -0.453 e. The second-order valence-electron chi connectivity index (χ2n) is 5.93. The van der Waals surface area contributed by atoms with Crippen molar-refractivity contribution in [3.8, 4) is 0 Å². The van der Waals surface area contributed by atoms with Gasteiger partial charge >= 0.3 is 12.3 Å². The Bertz CT molecular complexity index is 679. The molecule has 11 heteroatoms. The third-order valence-corrected chi connectivity index (χ3v) is 4.63. The van der Waals surface area contributed by atoms with Gasteiger partial charge < -0.3 is 9.64 Å². The molecule has 2 heterocycles. The first-order chi connectivity index (χ1) is 12.1. The zero-order valence-corrected chi connectivity index (χ0v) is 15.0. The number of carbonyl (C=O) groups excluding carboxylic acids is 2. The summed E-state index contributed by atoms with van der Waals surface area (Å²) in [6, 6.07) is 0.419. The number of methoxy groups -OCH3 is 1. The number of nitrogens with one attached hydrogen (secondary N) is 3. The number of carbonyl (C=O) groups is 2. The molecule has 1 aromatic rings. The van der Waals surface area contributed by atoms with Gasteiger partial charge in [-0.3, -0.25) is 10.1 Å². The average Bonchev–Trinajstić information content (AvgIpc) is 2.60. The maximum Gasteiger partial charge on any atom is 0.419 e. The molecule has 1 aliphatic heterocycles. The molecule has 0 spiro atoms. The Morgan fingerprint density at radius 1 is 1.38 bits per heavy atom. The summed E-state index contributed by atoms with van der Waals surface area (Å²) >= 11 is 6.00. The fourth-order valence-electron chi connectivity index (χ4n) is 2.76. The van der Waals surface area contributed by atoms with E-state index < -0.39 is 29.8 Å². The minimum atomic E-state index is -4.47. The van der Waals surface area contributed by atoms with E-state index in [4.69, 9.17) is 11.6 Å². The highest BCUT2D eigenvalue weighted by Gasteiger charge is 2.36. The van der Waals surface area contributed by atoms with E-state index in [2.05, 4.69) is 15.0 Å². The predicted molar refractivity (Wildman–Crippen MR) is 85.9 cm³/mol. The number of imide groups is 1. The van der Waals surface area contributed by atoms with Gasteiger partial charge in [-0.1, -0.05) is 11.6 Å². The normalized spacial score (nSPS) is 16.9. The molecule has 1 fully saturated rings. The summed E-state index contributed by atoms with van der Waals surface area (Å²) in [5.41, 5.74) is -0.844. The van der Waals surface area contributed by atoms with Crippen molar-refractivity contribution < 1.29 is 37.4 Å². The van der Waals surface area contributed by atoms with Gasteiger partial charge in [-0.2, -0.15) is 13.2 Å². The Morgan fingerprint density at radius 3 is 2.50 bits per heavy atom. The number of hydrogen-bond donors (Lipinski definition) is 2. The van der Waals surface area contributed by atoms with Crippen LogP contribution in [0, 0.1) is 0 Å². The predicted octanol–water partition coefficient (Wildman–Crippen LogP) is 0.149. The van der Waals surface area contributed by atoms with Gasteiger partial charge in [-0.25, -0.2) is 14.7 Å². The largest absolute Gasteiger partial charge is 0.453 e. The van der Waals surface area contributed by atoms with Crippen LogP contribution < -0.4 is 20.1 Å². The Balaban J connectivity index is 1.98. The van der Waals surface area contributed by atoms with Crippen LogP contribution in [0.1, 0.15) is 12.5 Å². The zero-order chi connectivity index (χ0) is 19.5. The maximum absolute atomic E-state index is 12.7. The first-order valence-corrected chi connectivity index (χ1v) is 8.28. The number of aromatic nitrogens is 1. The summed E-state index contributed by atoms with van der Waals surface area (Å²) in [4.78, 5) is 28.5. The highest BCUT2D eigenvalue weighted by Crippen LogP contribution is 2.31. The number of piperazine rings is 1. The second-order valence-corrected chi connectivity index (χ2v) is 6.34. The molecule has 7 nitrogen and oxygen atoms in total. The summed E-state index contributed by atoms with van der Waals surface area (Å²) < 4.78 is 42.5. The first kappa shape index (κ1) is 20.2. The average molecular weight is 397 g/mol. The number of alkyl halides is 3. The Labute approximate surface area is 153 Å². The van der Waals surface area contributed by atoms with Crippen LogP contribution in [0.2, 0.25) is 5.02 Å². The Morgan fingerprint density at radius 2 is 2.00 bits per heavy atom. The third-order valence-electron chi connectivity index (χ3n) is 4.34. The molecule has 144 valence electrons. The molecule has 2 rings (SSSR count). The number of H-pyrrole nitrogens is 1. The van der Waals surface area contributed by atoms with E-state index in [9.17, 15) is 22.8 Å². The van der Waals surface area contributed by atoms with E-state index in [0.29, 0.717) is 32.0 Å². The number of alkyl carbamates (subject to hydrolysis) is 1. The molecule has 0 aromatic carbocycles. The van der Waals surface area contributed by atoms with Gasteiger partial charge in [0.1, 0.15) is 37.4 Å². The lowest BCUT2D eigenvalue weighted by molar-refractivity contribution is -0.914. The van der Waals surface area contributed by atoms with Crippen molar-refractivity contribution in [2.75, 3.05) is 38.2 Å². The maximum atomic E-state index is 12.7. The molecule has 3 N–H and O–H groups in total. The number of halogens is 4.